The van der Waals surface area contributed by atoms with Crippen LogP contribution in [0.4, 0.5) is 5.69 Å². The molecule has 0 fully saturated rings. The van der Waals surface area contributed by atoms with Gasteiger partial charge < -0.3 is 5.32 Å². The first-order valence-electron chi connectivity index (χ1n) is 3.26. The van der Waals surface area contributed by atoms with Crippen molar-refractivity contribution >= 4 is 37.5 Å². The van der Waals surface area contributed by atoms with Gasteiger partial charge in [0.25, 0.3) is 0 Å². The maximum atomic E-state index is 8.64. The van der Waals surface area contributed by atoms with Crippen LogP contribution in [-0.2, 0) is 0 Å². The van der Waals surface area contributed by atoms with E-state index in [1.807, 2.05) is 7.05 Å². The van der Waals surface area contributed by atoms with Crippen molar-refractivity contribution in [2.45, 2.75) is 0 Å². The summed E-state index contributed by atoms with van der Waals surface area (Å²) in [5.74, 6) is 0. The van der Waals surface area contributed by atoms with Crippen molar-refractivity contribution in [2.75, 3.05) is 12.4 Å². The van der Waals surface area contributed by atoms with Crippen molar-refractivity contribution in [3.05, 3.63) is 26.6 Å². The largest absolute Gasteiger partial charge is 0.386 e. The van der Waals surface area contributed by atoms with Crippen molar-refractivity contribution in [1.82, 2.24) is 0 Å². The Hall–Kier alpha value is -0.530. The number of rotatable bonds is 1. The molecule has 0 amide bonds. The number of nitriles is 1. The minimum atomic E-state index is 0.632. The first-order chi connectivity index (χ1) is 5.69. The summed E-state index contributed by atoms with van der Waals surface area (Å²) in [6, 6.07) is 5.62. The summed E-state index contributed by atoms with van der Waals surface area (Å²) in [7, 11) is 1.83. The molecule has 1 aromatic rings. The number of anilines is 1. The molecule has 0 bridgehead atoms. The van der Waals surface area contributed by atoms with Gasteiger partial charge in [-0.15, -0.1) is 0 Å². The van der Waals surface area contributed by atoms with Gasteiger partial charge in [0.15, 0.2) is 0 Å². The molecule has 0 radical (unpaired) electrons. The molecule has 0 unspecified atom stereocenters. The van der Waals surface area contributed by atoms with Crippen LogP contribution < -0.4 is 5.32 Å². The highest BCUT2D eigenvalue weighted by atomic mass is 79.9. The van der Waals surface area contributed by atoms with Gasteiger partial charge in [-0.2, -0.15) is 5.26 Å². The molecule has 2 nitrogen and oxygen atoms in total. The van der Waals surface area contributed by atoms with Gasteiger partial charge in [-0.1, -0.05) is 0 Å². The maximum Gasteiger partial charge on any atom is 0.0992 e. The van der Waals surface area contributed by atoms with Gasteiger partial charge in [0.1, 0.15) is 0 Å². The number of benzene rings is 1. The van der Waals surface area contributed by atoms with Crippen molar-refractivity contribution in [3.8, 4) is 6.07 Å². The van der Waals surface area contributed by atoms with Crippen molar-refractivity contribution in [1.29, 1.82) is 5.26 Å². The molecule has 0 aromatic heterocycles. The SMILES string of the molecule is CNc1c(Br)cc(C#N)cc1Br. The third-order valence-electron chi connectivity index (χ3n) is 1.42. The van der Waals surface area contributed by atoms with E-state index in [-0.39, 0.29) is 0 Å². The molecule has 1 rings (SSSR count). The predicted molar refractivity (Wildman–Crippen MR) is 56.1 cm³/mol. The molecule has 0 aliphatic heterocycles. The Kier molecular flexibility index (Phi) is 3.12. The Balaban J connectivity index is 3.30. The first kappa shape index (κ1) is 9.56. The molecular weight excluding hydrogens is 284 g/mol. The third kappa shape index (κ3) is 1.79. The zero-order chi connectivity index (χ0) is 9.14. The fourth-order valence-corrected chi connectivity index (χ4v) is 2.46. The summed E-state index contributed by atoms with van der Waals surface area (Å²) in [5.41, 5.74) is 1.58. The predicted octanol–water partition coefficient (Wildman–Crippen LogP) is 3.12. The molecule has 1 N–H and O–H groups in total. The van der Waals surface area contributed by atoms with Gasteiger partial charge in [0.05, 0.1) is 17.3 Å². The van der Waals surface area contributed by atoms with E-state index in [0.717, 1.165) is 14.6 Å². The first-order valence-corrected chi connectivity index (χ1v) is 4.84. The number of halogens is 2. The molecule has 4 heteroatoms. The normalized spacial score (nSPS) is 9.17. The minimum absolute atomic E-state index is 0.632. The molecule has 0 aliphatic carbocycles. The summed E-state index contributed by atoms with van der Waals surface area (Å²) in [5, 5.41) is 11.6. The topological polar surface area (TPSA) is 35.8 Å². The quantitative estimate of drug-likeness (QED) is 0.862. The van der Waals surface area contributed by atoms with Crippen LogP contribution in [0.25, 0.3) is 0 Å². The second-order valence-corrected chi connectivity index (χ2v) is 3.89. The van der Waals surface area contributed by atoms with Crippen LogP contribution in [0.3, 0.4) is 0 Å². The fourth-order valence-electron chi connectivity index (χ4n) is 0.877. The Morgan fingerprint density at radius 1 is 1.33 bits per heavy atom. The molecule has 0 atom stereocenters. The zero-order valence-corrected chi connectivity index (χ0v) is 9.53. The van der Waals surface area contributed by atoms with E-state index in [0.29, 0.717) is 5.56 Å². The molecule has 0 saturated heterocycles. The van der Waals surface area contributed by atoms with Crippen molar-refractivity contribution < 1.29 is 0 Å². The van der Waals surface area contributed by atoms with Crippen LogP contribution in [0, 0.1) is 11.3 Å². The molecular formula is C8H6Br2N2. The van der Waals surface area contributed by atoms with Crippen LogP contribution in [0.1, 0.15) is 5.56 Å². The van der Waals surface area contributed by atoms with Crippen LogP contribution in [0.15, 0.2) is 21.1 Å². The lowest BCUT2D eigenvalue weighted by Crippen LogP contribution is -1.91. The summed E-state index contributed by atoms with van der Waals surface area (Å²) >= 11 is 6.71. The minimum Gasteiger partial charge on any atom is -0.386 e. The molecule has 12 heavy (non-hydrogen) atoms. The molecule has 0 aliphatic rings. The number of hydrogen-bond acceptors (Lipinski definition) is 2. The fraction of sp³-hybridized carbons (Fsp3) is 0.125. The summed E-state index contributed by atoms with van der Waals surface area (Å²) in [4.78, 5) is 0. The zero-order valence-electron chi connectivity index (χ0n) is 6.36. The Morgan fingerprint density at radius 3 is 2.17 bits per heavy atom. The Labute approximate surface area is 87.8 Å². The highest BCUT2D eigenvalue weighted by Crippen LogP contribution is 2.31. The number of nitrogens with zero attached hydrogens (tertiary/aromatic N) is 1. The van der Waals surface area contributed by atoms with Gasteiger partial charge in [0.2, 0.25) is 0 Å². The van der Waals surface area contributed by atoms with Gasteiger partial charge in [-0.3, -0.25) is 0 Å². The number of hydrogen-bond donors (Lipinski definition) is 1. The summed E-state index contributed by atoms with van der Waals surface area (Å²) in [6.45, 7) is 0. The van der Waals surface area contributed by atoms with E-state index >= 15 is 0 Å². The van der Waals surface area contributed by atoms with Crippen LogP contribution in [0.5, 0.6) is 0 Å². The maximum absolute atomic E-state index is 8.64. The highest BCUT2D eigenvalue weighted by Gasteiger charge is 2.04. The molecule has 0 heterocycles. The second-order valence-electron chi connectivity index (χ2n) is 2.18. The third-order valence-corrected chi connectivity index (χ3v) is 2.67. The molecule has 0 spiro atoms. The summed E-state index contributed by atoms with van der Waals surface area (Å²) in [6.07, 6.45) is 0. The molecule has 1 aromatic carbocycles. The van der Waals surface area contributed by atoms with Gasteiger partial charge in [-0.05, 0) is 44.0 Å². The number of nitrogens with one attached hydrogen (secondary N) is 1. The van der Waals surface area contributed by atoms with E-state index in [4.69, 9.17) is 5.26 Å². The van der Waals surface area contributed by atoms with Gasteiger partial charge in [0, 0.05) is 16.0 Å². The average molecular weight is 290 g/mol. The molecule has 62 valence electrons. The standard InChI is InChI=1S/C8H6Br2N2/c1-12-8-6(9)2-5(4-11)3-7(8)10/h2-3,12H,1H3. The van der Waals surface area contributed by atoms with E-state index in [9.17, 15) is 0 Å². The lowest BCUT2D eigenvalue weighted by molar-refractivity contribution is 1.42. The smallest absolute Gasteiger partial charge is 0.0992 e. The van der Waals surface area contributed by atoms with E-state index in [1.165, 1.54) is 0 Å². The van der Waals surface area contributed by atoms with Gasteiger partial charge in [-0.25, -0.2) is 0 Å². The lowest BCUT2D eigenvalue weighted by Gasteiger charge is -2.06. The van der Waals surface area contributed by atoms with E-state index < -0.39 is 0 Å². The van der Waals surface area contributed by atoms with Crippen molar-refractivity contribution in [3.63, 3.8) is 0 Å². The van der Waals surface area contributed by atoms with Crippen molar-refractivity contribution in [2.24, 2.45) is 0 Å². The van der Waals surface area contributed by atoms with E-state index in [1.54, 1.807) is 12.1 Å². The van der Waals surface area contributed by atoms with Crippen LogP contribution >= 0.6 is 31.9 Å². The van der Waals surface area contributed by atoms with Gasteiger partial charge >= 0.3 is 0 Å². The van der Waals surface area contributed by atoms with Crippen LogP contribution in [0.2, 0.25) is 0 Å². The van der Waals surface area contributed by atoms with Crippen LogP contribution in [-0.4, -0.2) is 7.05 Å². The Morgan fingerprint density at radius 2 is 1.83 bits per heavy atom. The summed E-state index contributed by atoms with van der Waals surface area (Å²) < 4.78 is 1.77. The Bertz CT molecular complexity index is 318. The lowest BCUT2D eigenvalue weighted by atomic mass is 10.2. The second kappa shape index (κ2) is 3.92. The highest BCUT2D eigenvalue weighted by molar-refractivity contribution is 9.11. The monoisotopic (exact) mass is 288 g/mol. The van der Waals surface area contributed by atoms with E-state index in [2.05, 4.69) is 43.2 Å². The average Bonchev–Trinajstić information content (AvgIpc) is 2.03. The molecule has 0 saturated carbocycles.